The Kier molecular flexibility index (Phi) is 3.64. The van der Waals surface area contributed by atoms with Gasteiger partial charge in [-0.1, -0.05) is 0 Å². The molecule has 0 aromatic heterocycles. The van der Waals surface area contributed by atoms with E-state index >= 15 is 0 Å². The van der Waals surface area contributed by atoms with Gasteiger partial charge in [0.25, 0.3) is 0 Å². The molecule has 0 spiro atoms. The summed E-state index contributed by atoms with van der Waals surface area (Å²) >= 11 is 0. The van der Waals surface area contributed by atoms with Gasteiger partial charge < -0.3 is 9.64 Å². The molecule has 0 N–H and O–H groups in total. The number of benzene rings is 1. The Balaban J connectivity index is 1.86. The lowest BCUT2D eigenvalue weighted by Gasteiger charge is -2.19. The molecule has 1 aromatic rings. The highest BCUT2D eigenvalue weighted by Crippen LogP contribution is 2.32. The number of nitrogens with zero attached hydrogens (tertiary/aromatic N) is 1. The van der Waals surface area contributed by atoms with Gasteiger partial charge in [0.2, 0.25) is 0 Å². The average Bonchev–Trinajstić information content (AvgIpc) is 2.82. The van der Waals surface area contributed by atoms with Crippen molar-refractivity contribution in [2.75, 3.05) is 19.7 Å². The summed E-state index contributed by atoms with van der Waals surface area (Å²) < 4.78 is 19.1. The molecule has 3 nitrogen and oxygen atoms in total. The van der Waals surface area contributed by atoms with Crippen LogP contribution < -0.4 is 0 Å². The van der Waals surface area contributed by atoms with E-state index in [0.29, 0.717) is 19.7 Å². The Bertz CT molecular complexity index is 542. The second-order valence-corrected chi connectivity index (χ2v) is 5.49. The largest absolute Gasteiger partial charge is 0.450 e. The first kappa shape index (κ1) is 13.4. The van der Waals surface area contributed by atoms with Crippen LogP contribution in [0.15, 0.2) is 6.07 Å². The number of carbonyl (C=O) groups is 1. The number of fused-ring (bicyclic) bond motifs is 3. The molecule has 1 aliphatic heterocycles. The molecule has 4 heteroatoms. The number of rotatable bonds is 1. The third-order valence-electron chi connectivity index (χ3n) is 4.37. The van der Waals surface area contributed by atoms with Gasteiger partial charge in [-0.05, 0) is 67.3 Å². The third-order valence-corrected chi connectivity index (χ3v) is 4.37. The van der Waals surface area contributed by atoms with Crippen LogP contribution in [-0.4, -0.2) is 30.7 Å². The molecule has 1 aromatic carbocycles. The van der Waals surface area contributed by atoms with Crippen LogP contribution >= 0.6 is 0 Å². The highest BCUT2D eigenvalue weighted by Gasteiger charge is 2.26. The molecule has 1 amide bonds. The Labute approximate surface area is 118 Å². The fraction of sp³-hybridized carbons (Fsp3) is 0.562. The van der Waals surface area contributed by atoms with Gasteiger partial charge in [0.05, 0.1) is 6.61 Å². The van der Waals surface area contributed by atoms with E-state index < -0.39 is 0 Å². The lowest BCUT2D eigenvalue weighted by molar-refractivity contribution is 0.109. The van der Waals surface area contributed by atoms with Crippen molar-refractivity contribution in [3.8, 4) is 0 Å². The normalized spacial score (nSPS) is 17.4. The van der Waals surface area contributed by atoms with Crippen LogP contribution in [0.1, 0.15) is 35.6 Å². The van der Waals surface area contributed by atoms with Gasteiger partial charge in [0, 0.05) is 13.1 Å². The Morgan fingerprint density at radius 3 is 2.75 bits per heavy atom. The standard InChI is InChI=1S/C16H20FNO2/c1-2-20-16(19)18-8-6-11-10-15(17)14-5-3-4-13(14)12(11)7-9-18/h10H,2-9H2,1H3. The summed E-state index contributed by atoms with van der Waals surface area (Å²) in [6, 6.07) is 1.69. The SMILES string of the molecule is CCOC(=O)N1CCc2cc(F)c3c(c2CC1)CCC3. The molecule has 20 heavy (non-hydrogen) atoms. The monoisotopic (exact) mass is 277 g/mol. The molecule has 0 radical (unpaired) electrons. The first-order valence-corrected chi connectivity index (χ1v) is 7.44. The van der Waals surface area contributed by atoms with Gasteiger partial charge in [0.1, 0.15) is 5.82 Å². The molecule has 0 saturated heterocycles. The summed E-state index contributed by atoms with van der Waals surface area (Å²) in [5.41, 5.74) is 4.49. The first-order valence-electron chi connectivity index (χ1n) is 7.44. The fourth-order valence-electron chi connectivity index (χ4n) is 3.41. The molecule has 0 atom stereocenters. The predicted molar refractivity (Wildman–Crippen MR) is 74.4 cm³/mol. The van der Waals surface area contributed by atoms with E-state index in [1.807, 2.05) is 6.92 Å². The molecule has 0 fully saturated rings. The van der Waals surface area contributed by atoms with E-state index in [-0.39, 0.29) is 11.9 Å². The van der Waals surface area contributed by atoms with E-state index in [1.165, 1.54) is 11.1 Å². The first-order chi connectivity index (χ1) is 9.70. The summed E-state index contributed by atoms with van der Waals surface area (Å²) in [4.78, 5) is 13.6. The van der Waals surface area contributed by atoms with Crippen molar-refractivity contribution < 1.29 is 13.9 Å². The van der Waals surface area contributed by atoms with E-state index in [2.05, 4.69) is 0 Å². The Morgan fingerprint density at radius 2 is 1.95 bits per heavy atom. The van der Waals surface area contributed by atoms with Crippen LogP contribution in [0.25, 0.3) is 0 Å². The second kappa shape index (κ2) is 5.43. The van der Waals surface area contributed by atoms with Crippen LogP contribution in [0.3, 0.4) is 0 Å². The zero-order valence-corrected chi connectivity index (χ0v) is 11.9. The van der Waals surface area contributed by atoms with Crippen LogP contribution in [0.4, 0.5) is 9.18 Å². The molecule has 1 aliphatic carbocycles. The van der Waals surface area contributed by atoms with Crippen LogP contribution in [0.2, 0.25) is 0 Å². The topological polar surface area (TPSA) is 29.5 Å². The Hall–Kier alpha value is -1.58. The van der Waals surface area contributed by atoms with Crippen molar-refractivity contribution in [1.29, 1.82) is 0 Å². The van der Waals surface area contributed by atoms with Gasteiger partial charge in [0.15, 0.2) is 0 Å². The average molecular weight is 277 g/mol. The summed E-state index contributed by atoms with van der Waals surface area (Å²) in [5.74, 6) is -0.0548. The molecule has 1 heterocycles. The minimum atomic E-state index is -0.252. The zero-order valence-electron chi connectivity index (χ0n) is 11.9. The van der Waals surface area contributed by atoms with Crippen molar-refractivity contribution in [2.45, 2.75) is 39.0 Å². The number of hydrogen-bond donors (Lipinski definition) is 0. The zero-order chi connectivity index (χ0) is 14.1. The maximum absolute atomic E-state index is 14.1. The molecular formula is C16H20FNO2. The molecule has 0 bridgehead atoms. The quantitative estimate of drug-likeness (QED) is 0.790. The van der Waals surface area contributed by atoms with E-state index in [1.54, 1.807) is 11.0 Å². The minimum absolute atomic E-state index is 0.0548. The van der Waals surface area contributed by atoms with Crippen molar-refractivity contribution >= 4 is 6.09 Å². The van der Waals surface area contributed by atoms with Gasteiger partial charge in [-0.15, -0.1) is 0 Å². The van der Waals surface area contributed by atoms with E-state index in [9.17, 15) is 9.18 Å². The van der Waals surface area contributed by atoms with E-state index in [4.69, 9.17) is 4.74 Å². The molecular weight excluding hydrogens is 257 g/mol. The third kappa shape index (κ3) is 2.28. The van der Waals surface area contributed by atoms with Crippen molar-refractivity contribution in [3.05, 3.63) is 34.1 Å². The molecule has 2 aliphatic rings. The maximum atomic E-state index is 14.1. The highest BCUT2D eigenvalue weighted by molar-refractivity contribution is 5.68. The summed E-state index contributed by atoms with van der Waals surface area (Å²) in [7, 11) is 0. The minimum Gasteiger partial charge on any atom is -0.450 e. The second-order valence-electron chi connectivity index (χ2n) is 5.49. The fourth-order valence-corrected chi connectivity index (χ4v) is 3.41. The molecule has 0 unspecified atom stereocenters. The summed E-state index contributed by atoms with van der Waals surface area (Å²) in [5, 5.41) is 0. The van der Waals surface area contributed by atoms with Gasteiger partial charge >= 0.3 is 6.09 Å². The van der Waals surface area contributed by atoms with Crippen LogP contribution in [-0.2, 0) is 30.4 Å². The number of hydrogen-bond acceptors (Lipinski definition) is 2. The maximum Gasteiger partial charge on any atom is 0.409 e. The lowest BCUT2D eigenvalue weighted by Crippen LogP contribution is -2.33. The molecule has 3 rings (SSSR count). The number of halogens is 1. The van der Waals surface area contributed by atoms with Crippen LogP contribution in [0.5, 0.6) is 0 Å². The summed E-state index contributed by atoms with van der Waals surface area (Å²) in [6.07, 6.45) is 4.17. The lowest BCUT2D eigenvalue weighted by atomic mass is 9.94. The van der Waals surface area contributed by atoms with E-state index in [0.717, 1.165) is 43.2 Å². The highest BCUT2D eigenvalue weighted by atomic mass is 19.1. The Morgan fingerprint density at radius 1 is 1.20 bits per heavy atom. The number of carbonyl (C=O) groups excluding carboxylic acids is 1. The molecule has 108 valence electrons. The van der Waals surface area contributed by atoms with Gasteiger partial charge in [-0.25, -0.2) is 9.18 Å². The van der Waals surface area contributed by atoms with Gasteiger partial charge in [-0.2, -0.15) is 0 Å². The van der Waals surface area contributed by atoms with Gasteiger partial charge in [-0.3, -0.25) is 0 Å². The number of ether oxygens (including phenoxy) is 1. The smallest absolute Gasteiger partial charge is 0.409 e. The van der Waals surface area contributed by atoms with Crippen molar-refractivity contribution in [1.82, 2.24) is 4.90 Å². The predicted octanol–water partition coefficient (Wildman–Crippen LogP) is 2.87. The van der Waals surface area contributed by atoms with Crippen LogP contribution in [0, 0.1) is 5.82 Å². The van der Waals surface area contributed by atoms with Crippen molar-refractivity contribution in [3.63, 3.8) is 0 Å². The molecule has 0 saturated carbocycles. The van der Waals surface area contributed by atoms with Crippen molar-refractivity contribution in [2.24, 2.45) is 0 Å². The summed E-state index contributed by atoms with van der Waals surface area (Å²) in [6.45, 7) is 3.49. The number of amides is 1.